The molecule has 0 saturated carbocycles. The Kier molecular flexibility index (Phi) is 4.16. The summed E-state index contributed by atoms with van der Waals surface area (Å²) >= 11 is 0. The molecule has 0 aromatic heterocycles. The van der Waals surface area contributed by atoms with Gasteiger partial charge in [-0.25, -0.2) is 4.79 Å². The number of benzene rings is 1. The Morgan fingerprint density at radius 3 is 2.71 bits per heavy atom. The summed E-state index contributed by atoms with van der Waals surface area (Å²) in [6.45, 7) is 4.47. The van der Waals surface area contributed by atoms with Gasteiger partial charge in [0.1, 0.15) is 0 Å². The molecule has 0 aliphatic carbocycles. The molecule has 1 atom stereocenters. The van der Waals surface area contributed by atoms with Gasteiger partial charge < -0.3 is 25.0 Å². The summed E-state index contributed by atoms with van der Waals surface area (Å²) in [5.74, 6) is 1.01. The van der Waals surface area contributed by atoms with E-state index in [2.05, 4.69) is 17.2 Å². The van der Waals surface area contributed by atoms with E-state index < -0.39 is 6.04 Å². The number of amides is 3. The topological polar surface area (TPSA) is 79.9 Å². The monoisotopic (exact) mass is 329 g/mol. The summed E-state index contributed by atoms with van der Waals surface area (Å²) in [5, 5.41) is 5.53. The molecule has 24 heavy (non-hydrogen) atoms. The van der Waals surface area contributed by atoms with Gasteiger partial charge in [0.2, 0.25) is 0 Å². The van der Waals surface area contributed by atoms with Gasteiger partial charge in [-0.2, -0.15) is 0 Å². The van der Waals surface area contributed by atoms with Crippen molar-refractivity contribution < 1.29 is 19.1 Å². The van der Waals surface area contributed by atoms with Crippen molar-refractivity contribution in [2.75, 3.05) is 27.3 Å². The molecule has 0 spiro atoms. The van der Waals surface area contributed by atoms with E-state index in [-0.39, 0.29) is 11.9 Å². The van der Waals surface area contributed by atoms with E-state index in [1.807, 2.05) is 6.07 Å². The molecule has 1 aromatic rings. The van der Waals surface area contributed by atoms with Crippen molar-refractivity contribution in [2.45, 2.75) is 6.04 Å². The molecule has 2 aliphatic heterocycles. The number of hydrogen-bond acceptors (Lipinski definition) is 4. The van der Waals surface area contributed by atoms with Gasteiger partial charge in [-0.1, -0.05) is 12.1 Å². The van der Waals surface area contributed by atoms with Crippen LogP contribution in [0.4, 0.5) is 4.79 Å². The normalized spacial score (nSPS) is 19.6. The molecule has 3 rings (SSSR count). The van der Waals surface area contributed by atoms with Crippen molar-refractivity contribution in [1.29, 1.82) is 0 Å². The summed E-state index contributed by atoms with van der Waals surface area (Å²) in [5.41, 5.74) is 1.93. The SMILES string of the molecule is C=CCN1CC2=C(C1=O)[C@@H](c1ccc(OC)c(OC)c1)NC(=O)N2. The molecule has 1 aromatic carbocycles. The third kappa shape index (κ3) is 2.58. The highest BCUT2D eigenvalue weighted by atomic mass is 16.5. The minimum Gasteiger partial charge on any atom is -0.493 e. The van der Waals surface area contributed by atoms with E-state index in [0.29, 0.717) is 35.9 Å². The van der Waals surface area contributed by atoms with Gasteiger partial charge in [0.05, 0.1) is 38.1 Å². The first-order valence-corrected chi connectivity index (χ1v) is 7.51. The van der Waals surface area contributed by atoms with Crippen LogP contribution in [0.5, 0.6) is 11.5 Å². The number of nitrogens with zero attached hydrogens (tertiary/aromatic N) is 1. The van der Waals surface area contributed by atoms with Crippen molar-refractivity contribution in [2.24, 2.45) is 0 Å². The Morgan fingerprint density at radius 1 is 1.29 bits per heavy atom. The third-order valence-electron chi connectivity index (χ3n) is 4.11. The zero-order chi connectivity index (χ0) is 17.3. The number of hydrogen-bond donors (Lipinski definition) is 2. The maximum Gasteiger partial charge on any atom is 0.319 e. The number of nitrogens with one attached hydrogen (secondary N) is 2. The molecule has 2 N–H and O–H groups in total. The molecule has 2 heterocycles. The largest absolute Gasteiger partial charge is 0.493 e. The number of methoxy groups -OCH3 is 2. The summed E-state index contributed by atoms with van der Waals surface area (Å²) in [4.78, 5) is 26.3. The van der Waals surface area contributed by atoms with Crippen LogP contribution in [0.25, 0.3) is 0 Å². The van der Waals surface area contributed by atoms with E-state index in [4.69, 9.17) is 9.47 Å². The van der Waals surface area contributed by atoms with Crippen molar-refractivity contribution in [3.63, 3.8) is 0 Å². The van der Waals surface area contributed by atoms with E-state index in [1.165, 1.54) is 0 Å². The van der Waals surface area contributed by atoms with Gasteiger partial charge >= 0.3 is 6.03 Å². The molecular formula is C17H19N3O4. The number of carbonyl (C=O) groups is 2. The predicted molar refractivity (Wildman–Crippen MR) is 87.8 cm³/mol. The summed E-state index contributed by atoms with van der Waals surface area (Å²) in [7, 11) is 3.10. The van der Waals surface area contributed by atoms with Gasteiger partial charge in [0, 0.05) is 6.54 Å². The molecule has 3 amide bonds. The van der Waals surface area contributed by atoms with E-state index in [1.54, 1.807) is 37.3 Å². The molecule has 0 bridgehead atoms. The van der Waals surface area contributed by atoms with E-state index in [9.17, 15) is 9.59 Å². The Morgan fingerprint density at radius 2 is 2.04 bits per heavy atom. The number of ether oxygens (including phenoxy) is 2. The van der Waals surface area contributed by atoms with Crippen LogP contribution in [0, 0.1) is 0 Å². The first-order chi connectivity index (χ1) is 11.6. The maximum atomic E-state index is 12.7. The fourth-order valence-corrected chi connectivity index (χ4v) is 3.01. The zero-order valence-corrected chi connectivity index (χ0v) is 13.6. The highest BCUT2D eigenvalue weighted by molar-refractivity contribution is 6.01. The first-order valence-electron chi connectivity index (χ1n) is 7.51. The third-order valence-corrected chi connectivity index (χ3v) is 4.11. The molecule has 126 valence electrons. The smallest absolute Gasteiger partial charge is 0.319 e. The van der Waals surface area contributed by atoms with Gasteiger partial charge in [0.25, 0.3) is 5.91 Å². The van der Waals surface area contributed by atoms with Crippen LogP contribution in [0.15, 0.2) is 42.1 Å². The zero-order valence-electron chi connectivity index (χ0n) is 13.6. The van der Waals surface area contributed by atoms with Crippen LogP contribution in [-0.4, -0.2) is 44.1 Å². The summed E-state index contributed by atoms with van der Waals surface area (Å²) in [6, 6.07) is 4.47. The standard InChI is InChI=1S/C17H19N3O4/c1-4-7-20-9-11-14(16(20)21)15(19-17(22)18-11)10-5-6-12(23-2)13(8-10)24-3/h4-6,8,15H,1,7,9H2,2-3H3,(H2,18,19,22)/t15-/m1/s1. The number of urea groups is 1. The molecule has 0 saturated heterocycles. The Balaban J connectivity index is 2.00. The first kappa shape index (κ1) is 15.9. The van der Waals surface area contributed by atoms with Crippen molar-refractivity contribution in [1.82, 2.24) is 15.5 Å². The molecule has 7 heteroatoms. The summed E-state index contributed by atoms with van der Waals surface area (Å²) in [6.07, 6.45) is 1.66. The van der Waals surface area contributed by atoms with E-state index >= 15 is 0 Å². The molecular weight excluding hydrogens is 310 g/mol. The van der Waals surface area contributed by atoms with Crippen LogP contribution in [-0.2, 0) is 4.79 Å². The van der Waals surface area contributed by atoms with Crippen LogP contribution in [0.3, 0.4) is 0 Å². The lowest BCUT2D eigenvalue weighted by molar-refractivity contribution is -0.125. The fraction of sp³-hybridized carbons (Fsp3) is 0.294. The fourth-order valence-electron chi connectivity index (χ4n) is 3.01. The minimum atomic E-state index is -0.532. The van der Waals surface area contributed by atoms with Gasteiger partial charge in [0.15, 0.2) is 11.5 Å². The highest BCUT2D eigenvalue weighted by Crippen LogP contribution is 2.36. The number of rotatable bonds is 5. The Hall–Kier alpha value is -2.96. The van der Waals surface area contributed by atoms with E-state index in [0.717, 1.165) is 5.56 Å². The minimum absolute atomic E-state index is 0.114. The predicted octanol–water partition coefficient (Wildman–Crippen LogP) is 1.34. The average molecular weight is 329 g/mol. The Labute approximate surface area is 139 Å². The summed E-state index contributed by atoms with van der Waals surface area (Å²) < 4.78 is 10.5. The quantitative estimate of drug-likeness (QED) is 0.799. The van der Waals surface area contributed by atoms with Crippen molar-refractivity contribution >= 4 is 11.9 Å². The lowest BCUT2D eigenvalue weighted by atomic mass is 9.96. The molecule has 0 radical (unpaired) electrons. The second-order valence-electron chi connectivity index (χ2n) is 5.51. The number of carbonyl (C=O) groups excluding carboxylic acids is 2. The molecule has 7 nitrogen and oxygen atoms in total. The lowest BCUT2D eigenvalue weighted by Gasteiger charge is -2.26. The second kappa shape index (κ2) is 6.27. The van der Waals surface area contributed by atoms with Crippen molar-refractivity contribution in [3.05, 3.63) is 47.7 Å². The molecule has 0 fully saturated rings. The van der Waals surface area contributed by atoms with Gasteiger partial charge in [-0.3, -0.25) is 4.79 Å². The Bertz CT molecular complexity index is 741. The molecule has 2 aliphatic rings. The lowest BCUT2D eigenvalue weighted by Crippen LogP contribution is -2.44. The van der Waals surface area contributed by atoms with Gasteiger partial charge in [-0.05, 0) is 17.7 Å². The van der Waals surface area contributed by atoms with Gasteiger partial charge in [-0.15, -0.1) is 6.58 Å². The van der Waals surface area contributed by atoms with Crippen LogP contribution >= 0.6 is 0 Å². The van der Waals surface area contributed by atoms with Crippen LogP contribution in [0.2, 0.25) is 0 Å². The molecule has 0 unspecified atom stereocenters. The van der Waals surface area contributed by atoms with Crippen LogP contribution < -0.4 is 20.1 Å². The maximum absolute atomic E-state index is 12.7. The second-order valence-corrected chi connectivity index (χ2v) is 5.51. The van der Waals surface area contributed by atoms with Crippen LogP contribution in [0.1, 0.15) is 11.6 Å². The highest BCUT2D eigenvalue weighted by Gasteiger charge is 2.40. The average Bonchev–Trinajstić information content (AvgIpc) is 2.89. The van der Waals surface area contributed by atoms with Crippen molar-refractivity contribution in [3.8, 4) is 11.5 Å².